The molecular formula is C16H20O4. The van der Waals surface area contributed by atoms with Gasteiger partial charge in [0.1, 0.15) is 5.60 Å². The fourth-order valence-corrected chi connectivity index (χ4v) is 1.60. The Bertz CT molecular complexity index is 492. The second kappa shape index (κ2) is 6.89. The summed E-state index contributed by atoms with van der Waals surface area (Å²) in [5.74, 6) is -1.19. The molecule has 0 unspecified atom stereocenters. The van der Waals surface area contributed by atoms with Crippen molar-refractivity contribution in [1.29, 1.82) is 0 Å². The van der Waals surface area contributed by atoms with Crippen LogP contribution < -0.4 is 0 Å². The Morgan fingerprint density at radius 2 is 1.80 bits per heavy atom. The molecule has 1 N–H and O–H groups in total. The third kappa shape index (κ3) is 6.73. The number of carbonyl (C=O) groups is 2. The van der Waals surface area contributed by atoms with Crippen molar-refractivity contribution in [3.05, 3.63) is 41.5 Å². The Kier molecular flexibility index (Phi) is 5.50. The number of ether oxygens (including phenoxy) is 1. The molecule has 1 aromatic carbocycles. The number of carboxylic acid groups (broad SMARTS) is 1. The quantitative estimate of drug-likeness (QED) is 0.663. The normalized spacial score (nSPS) is 11.6. The molecule has 0 aliphatic carbocycles. The standard InChI is InChI=1S/C16H20O4/c1-16(2,3)20-15(19)11-9-13-6-4-12(5-7-13)8-10-14(17)18/h4-8,10H,9,11H2,1-3H3,(H,17,18). The van der Waals surface area contributed by atoms with Crippen LogP contribution in [0.4, 0.5) is 0 Å². The Hall–Kier alpha value is -2.10. The summed E-state index contributed by atoms with van der Waals surface area (Å²) >= 11 is 0. The molecule has 0 aliphatic heterocycles. The van der Waals surface area contributed by atoms with Gasteiger partial charge in [0.2, 0.25) is 0 Å². The number of carboxylic acids is 1. The molecule has 108 valence electrons. The van der Waals surface area contributed by atoms with Crippen LogP contribution in [0.2, 0.25) is 0 Å². The van der Waals surface area contributed by atoms with Crippen LogP contribution in [-0.2, 0) is 20.7 Å². The van der Waals surface area contributed by atoms with Gasteiger partial charge in [-0.3, -0.25) is 4.79 Å². The molecule has 0 amide bonds. The predicted octanol–water partition coefficient (Wildman–Crippen LogP) is 3.06. The van der Waals surface area contributed by atoms with Gasteiger partial charge in [-0.25, -0.2) is 4.79 Å². The van der Waals surface area contributed by atoms with Crippen molar-refractivity contribution < 1.29 is 19.4 Å². The Balaban J connectivity index is 2.50. The van der Waals surface area contributed by atoms with Gasteiger partial charge in [-0.1, -0.05) is 24.3 Å². The van der Waals surface area contributed by atoms with Crippen LogP contribution >= 0.6 is 0 Å². The zero-order valence-corrected chi connectivity index (χ0v) is 12.1. The number of aryl methyl sites for hydroxylation is 1. The largest absolute Gasteiger partial charge is 0.478 e. The second-order valence-corrected chi connectivity index (χ2v) is 5.50. The lowest BCUT2D eigenvalue weighted by Gasteiger charge is -2.19. The van der Waals surface area contributed by atoms with Crippen LogP contribution in [0, 0.1) is 0 Å². The summed E-state index contributed by atoms with van der Waals surface area (Å²) in [7, 11) is 0. The molecule has 0 bridgehead atoms. The first-order valence-corrected chi connectivity index (χ1v) is 6.48. The Morgan fingerprint density at radius 1 is 1.20 bits per heavy atom. The van der Waals surface area contributed by atoms with Crippen molar-refractivity contribution in [3.8, 4) is 0 Å². The molecular weight excluding hydrogens is 256 g/mol. The Labute approximate surface area is 119 Å². The molecule has 1 rings (SSSR count). The fourth-order valence-electron chi connectivity index (χ4n) is 1.60. The van der Waals surface area contributed by atoms with Crippen LogP contribution in [-0.4, -0.2) is 22.6 Å². The first kappa shape index (κ1) is 16.0. The van der Waals surface area contributed by atoms with Crippen LogP contribution in [0.1, 0.15) is 38.3 Å². The van der Waals surface area contributed by atoms with E-state index in [1.54, 1.807) is 0 Å². The van der Waals surface area contributed by atoms with Crippen molar-refractivity contribution in [1.82, 2.24) is 0 Å². The highest BCUT2D eigenvalue weighted by Gasteiger charge is 2.15. The number of carbonyl (C=O) groups excluding carboxylic acids is 1. The molecule has 0 saturated heterocycles. The van der Waals surface area contributed by atoms with Gasteiger partial charge in [-0.2, -0.15) is 0 Å². The summed E-state index contributed by atoms with van der Waals surface area (Å²) in [6.07, 6.45) is 3.56. The number of esters is 1. The molecule has 20 heavy (non-hydrogen) atoms. The maximum atomic E-state index is 11.6. The molecule has 1 aromatic rings. The third-order valence-corrected chi connectivity index (χ3v) is 2.44. The highest BCUT2D eigenvalue weighted by molar-refractivity contribution is 5.85. The number of hydrogen-bond acceptors (Lipinski definition) is 3. The predicted molar refractivity (Wildman–Crippen MR) is 77.3 cm³/mol. The van der Waals surface area contributed by atoms with Gasteiger partial charge in [-0.05, 0) is 44.4 Å². The lowest BCUT2D eigenvalue weighted by molar-refractivity contribution is -0.154. The smallest absolute Gasteiger partial charge is 0.328 e. The molecule has 0 aromatic heterocycles. The molecule has 0 saturated carbocycles. The summed E-state index contributed by atoms with van der Waals surface area (Å²) in [5.41, 5.74) is 1.37. The monoisotopic (exact) mass is 276 g/mol. The zero-order chi connectivity index (χ0) is 15.2. The van der Waals surface area contributed by atoms with E-state index in [0.717, 1.165) is 17.2 Å². The minimum Gasteiger partial charge on any atom is -0.478 e. The van der Waals surface area contributed by atoms with E-state index in [2.05, 4.69) is 0 Å². The van der Waals surface area contributed by atoms with Crippen LogP contribution in [0.25, 0.3) is 6.08 Å². The van der Waals surface area contributed by atoms with E-state index < -0.39 is 11.6 Å². The minimum absolute atomic E-state index is 0.215. The number of hydrogen-bond donors (Lipinski definition) is 1. The van der Waals surface area contributed by atoms with Gasteiger partial charge in [0.25, 0.3) is 0 Å². The lowest BCUT2D eigenvalue weighted by atomic mass is 10.1. The highest BCUT2D eigenvalue weighted by atomic mass is 16.6. The number of rotatable bonds is 5. The summed E-state index contributed by atoms with van der Waals surface area (Å²) in [6, 6.07) is 7.41. The number of aliphatic carboxylic acids is 1. The van der Waals surface area contributed by atoms with Crippen molar-refractivity contribution in [2.24, 2.45) is 0 Å². The van der Waals surface area contributed by atoms with Crippen molar-refractivity contribution in [2.75, 3.05) is 0 Å². The summed E-state index contributed by atoms with van der Waals surface area (Å²) in [6.45, 7) is 5.53. The third-order valence-electron chi connectivity index (χ3n) is 2.44. The lowest BCUT2D eigenvalue weighted by Crippen LogP contribution is -2.23. The van der Waals surface area contributed by atoms with E-state index in [4.69, 9.17) is 9.84 Å². The molecule has 0 spiro atoms. The molecule has 0 radical (unpaired) electrons. The van der Waals surface area contributed by atoms with E-state index in [-0.39, 0.29) is 5.97 Å². The second-order valence-electron chi connectivity index (χ2n) is 5.50. The van der Waals surface area contributed by atoms with Crippen LogP contribution in [0.3, 0.4) is 0 Å². The maximum absolute atomic E-state index is 11.6. The Morgan fingerprint density at radius 3 is 2.30 bits per heavy atom. The van der Waals surface area contributed by atoms with E-state index >= 15 is 0 Å². The summed E-state index contributed by atoms with van der Waals surface area (Å²) in [5, 5.41) is 8.53. The van der Waals surface area contributed by atoms with Gasteiger partial charge < -0.3 is 9.84 Å². The molecule has 0 heterocycles. The summed E-state index contributed by atoms with van der Waals surface area (Å²) < 4.78 is 5.23. The molecule has 0 aliphatic rings. The first-order valence-electron chi connectivity index (χ1n) is 6.48. The molecule has 4 heteroatoms. The first-order chi connectivity index (χ1) is 9.26. The molecule has 0 atom stereocenters. The van der Waals surface area contributed by atoms with Gasteiger partial charge in [0.05, 0.1) is 0 Å². The zero-order valence-electron chi connectivity index (χ0n) is 12.1. The topological polar surface area (TPSA) is 63.6 Å². The van der Waals surface area contributed by atoms with E-state index in [1.165, 1.54) is 6.08 Å². The van der Waals surface area contributed by atoms with Crippen molar-refractivity contribution in [3.63, 3.8) is 0 Å². The van der Waals surface area contributed by atoms with E-state index in [0.29, 0.717) is 12.8 Å². The van der Waals surface area contributed by atoms with Gasteiger partial charge in [0, 0.05) is 12.5 Å². The van der Waals surface area contributed by atoms with Crippen LogP contribution in [0.15, 0.2) is 30.3 Å². The van der Waals surface area contributed by atoms with Crippen LogP contribution in [0.5, 0.6) is 0 Å². The van der Waals surface area contributed by atoms with Crippen molar-refractivity contribution >= 4 is 18.0 Å². The highest BCUT2D eigenvalue weighted by Crippen LogP contribution is 2.12. The molecule has 4 nitrogen and oxygen atoms in total. The fraction of sp³-hybridized carbons (Fsp3) is 0.375. The van der Waals surface area contributed by atoms with Gasteiger partial charge >= 0.3 is 11.9 Å². The van der Waals surface area contributed by atoms with Gasteiger partial charge in [0.15, 0.2) is 0 Å². The maximum Gasteiger partial charge on any atom is 0.328 e. The van der Waals surface area contributed by atoms with Gasteiger partial charge in [-0.15, -0.1) is 0 Å². The average molecular weight is 276 g/mol. The van der Waals surface area contributed by atoms with Crippen molar-refractivity contribution in [2.45, 2.75) is 39.2 Å². The SMILES string of the molecule is CC(C)(C)OC(=O)CCc1ccc(C=CC(=O)O)cc1. The summed E-state index contributed by atoms with van der Waals surface area (Å²) in [4.78, 5) is 22.0. The van der Waals surface area contributed by atoms with E-state index in [1.807, 2.05) is 45.0 Å². The minimum atomic E-state index is -0.973. The number of benzene rings is 1. The molecule has 0 fully saturated rings. The van der Waals surface area contributed by atoms with E-state index in [9.17, 15) is 9.59 Å². The average Bonchev–Trinajstić information content (AvgIpc) is 2.33.